The number of hydrogen-bond donors (Lipinski definition) is 0. The van der Waals surface area contributed by atoms with E-state index in [-0.39, 0.29) is 0 Å². The minimum Gasteiger partial charge on any atom is -0.356 e. The van der Waals surface area contributed by atoms with E-state index in [0.717, 1.165) is 24.9 Å². The highest BCUT2D eigenvalue weighted by Gasteiger charge is 2.13. The maximum atomic E-state index is 10.8. The summed E-state index contributed by atoms with van der Waals surface area (Å²) in [5.41, 5.74) is 0.656. The Morgan fingerprint density at radius 2 is 2.33 bits per heavy atom. The summed E-state index contributed by atoms with van der Waals surface area (Å²) < 4.78 is 0. The SMILES string of the molecule is CCCC(C)N(C)c1ncccc1C=O. The van der Waals surface area contributed by atoms with Gasteiger partial charge in [-0.1, -0.05) is 13.3 Å². The Bertz CT molecular complexity index is 325. The standard InChI is InChI=1S/C12H18N2O/c1-4-6-10(2)14(3)12-11(9-15)7-5-8-13-12/h5,7-10H,4,6H2,1-3H3. The largest absolute Gasteiger partial charge is 0.356 e. The number of rotatable bonds is 5. The van der Waals surface area contributed by atoms with E-state index in [1.54, 1.807) is 18.3 Å². The Labute approximate surface area is 91.1 Å². The van der Waals surface area contributed by atoms with Crippen LogP contribution < -0.4 is 4.90 Å². The number of aldehydes is 1. The fourth-order valence-corrected chi connectivity index (χ4v) is 1.62. The molecule has 1 atom stereocenters. The molecule has 0 aliphatic heterocycles. The number of carbonyl (C=O) groups is 1. The molecule has 0 fully saturated rings. The van der Waals surface area contributed by atoms with Gasteiger partial charge in [-0.15, -0.1) is 0 Å². The van der Waals surface area contributed by atoms with E-state index in [0.29, 0.717) is 11.6 Å². The van der Waals surface area contributed by atoms with Crippen LogP contribution in [0.15, 0.2) is 18.3 Å². The molecule has 0 radical (unpaired) electrons. The lowest BCUT2D eigenvalue weighted by molar-refractivity contribution is 0.112. The summed E-state index contributed by atoms with van der Waals surface area (Å²) in [7, 11) is 1.98. The van der Waals surface area contributed by atoms with Gasteiger partial charge >= 0.3 is 0 Å². The lowest BCUT2D eigenvalue weighted by Gasteiger charge is -2.26. The fraction of sp³-hybridized carbons (Fsp3) is 0.500. The van der Waals surface area contributed by atoms with Crippen LogP contribution in [0, 0.1) is 0 Å². The van der Waals surface area contributed by atoms with Crippen LogP contribution >= 0.6 is 0 Å². The van der Waals surface area contributed by atoms with Crippen molar-refractivity contribution in [2.75, 3.05) is 11.9 Å². The second-order valence-corrected chi connectivity index (χ2v) is 3.78. The molecule has 0 aromatic carbocycles. The molecule has 3 heteroatoms. The zero-order valence-electron chi connectivity index (χ0n) is 9.60. The van der Waals surface area contributed by atoms with Gasteiger partial charge in [0.1, 0.15) is 5.82 Å². The molecule has 0 amide bonds. The first-order chi connectivity index (χ1) is 7.20. The minimum atomic E-state index is 0.406. The molecule has 0 spiro atoms. The monoisotopic (exact) mass is 206 g/mol. The third kappa shape index (κ3) is 2.78. The summed E-state index contributed by atoms with van der Waals surface area (Å²) in [6.07, 6.45) is 4.81. The first-order valence-electron chi connectivity index (χ1n) is 5.33. The number of carbonyl (C=O) groups excluding carboxylic acids is 1. The summed E-state index contributed by atoms with van der Waals surface area (Å²) in [5, 5.41) is 0. The highest BCUT2D eigenvalue weighted by atomic mass is 16.1. The molecule has 1 rings (SSSR count). The number of nitrogens with zero attached hydrogens (tertiary/aromatic N) is 2. The molecule has 0 saturated carbocycles. The molecule has 15 heavy (non-hydrogen) atoms. The normalized spacial score (nSPS) is 12.2. The Balaban J connectivity index is 2.89. The van der Waals surface area contributed by atoms with Crippen molar-refractivity contribution in [2.45, 2.75) is 32.7 Å². The van der Waals surface area contributed by atoms with E-state index in [1.165, 1.54) is 0 Å². The van der Waals surface area contributed by atoms with Crippen molar-refractivity contribution >= 4 is 12.1 Å². The number of hydrogen-bond acceptors (Lipinski definition) is 3. The van der Waals surface area contributed by atoms with Crippen molar-refractivity contribution in [1.29, 1.82) is 0 Å². The minimum absolute atomic E-state index is 0.406. The first-order valence-corrected chi connectivity index (χ1v) is 5.33. The Hall–Kier alpha value is -1.38. The highest BCUT2D eigenvalue weighted by Crippen LogP contribution is 2.17. The predicted molar refractivity (Wildman–Crippen MR) is 62.4 cm³/mol. The van der Waals surface area contributed by atoms with Gasteiger partial charge in [0.2, 0.25) is 0 Å². The summed E-state index contributed by atoms with van der Waals surface area (Å²) in [4.78, 5) is 17.2. The van der Waals surface area contributed by atoms with Crippen LogP contribution in [0.1, 0.15) is 37.0 Å². The van der Waals surface area contributed by atoms with Gasteiger partial charge < -0.3 is 4.90 Å². The van der Waals surface area contributed by atoms with E-state index < -0.39 is 0 Å². The summed E-state index contributed by atoms with van der Waals surface area (Å²) in [6, 6.07) is 3.99. The molecule has 0 aliphatic carbocycles. The molecule has 3 nitrogen and oxygen atoms in total. The number of pyridine rings is 1. The van der Waals surface area contributed by atoms with Gasteiger partial charge in [-0.05, 0) is 25.5 Å². The van der Waals surface area contributed by atoms with E-state index in [4.69, 9.17) is 0 Å². The average Bonchev–Trinajstić information content (AvgIpc) is 2.28. The summed E-state index contributed by atoms with van der Waals surface area (Å²) >= 11 is 0. The van der Waals surface area contributed by atoms with Crippen molar-refractivity contribution in [3.8, 4) is 0 Å². The summed E-state index contributed by atoms with van der Waals surface area (Å²) in [6.45, 7) is 4.30. The zero-order valence-corrected chi connectivity index (χ0v) is 9.60. The van der Waals surface area contributed by atoms with Crippen LogP contribution in [0.2, 0.25) is 0 Å². The molecular weight excluding hydrogens is 188 g/mol. The topological polar surface area (TPSA) is 33.2 Å². The van der Waals surface area contributed by atoms with Crippen LogP contribution in [0.4, 0.5) is 5.82 Å². The fourth-order valence-electron chi connectivity index (χ4n) is 1.62. The second kappa shape index (κ2) is 5.49. The smallest absolute Gasteiger partial charge is 0.153 e. The third-order valence-electron chi connectivity index (χ3n) is 2.65. The van der Waals surface area contributed by atoms with Gasteiger partial charge in [0.25, 0.3) is 0 Å². The van der Waals surface area contributed by atoms with Crippen molar-refractivity contribution in [1.82, 2.24) is 4.98 Å². The molecule has 1 aromatic heterocycles. The molecular formula is C12H18N2O. The third-order valence-corrected chi connectivity index (χ3v) is 2.65. The van der Waals surface area contributed by atoms with E-state index in [2.05, 4.69) is 23.7 Å². The van der Waals surface area contributed by atoms with Crippen molar-refractivity contribution < 1.29 is 4.79 Å². The molecule has 1 heterocycles. The highest BCUT2D eigenvalue weighted by molar-refractivity contribution is 5.82. The number of anilines is 1. The van der Waals surface area contributed by atoms with E-state index in [1.807, 2.05) is 7.05 Å². The van der Waals surface area contributed by atoms with Gasteiger partial charge in [0.15, 0.2) is 6.29 Å². The Morgan fingerprint density at radius 1 is 1.60 bits per heavy atom. The van der Waals surface area contributed by atoms with Crippen LogP contribution in [0.3, 0.4) is 0 Å². The maximum Gasteiger partial charge on any atom is 0.153 e. The molecule has 0 bridgehead atoms. The Kier molecular flexibility index (Phi) is 4.28. The molecule has 0 saturated heterocycles. The van der Waals surface area contributed by atoms with Crippen LogP contribution in [-0.4, -0.2) is 24.4 Å². The molecule has 0 N–H and O–H groups in total. The lowest BCUT2D eigenvalue weighted by atomic mass is 10.1. The molecule has 1 aromatic rings. The van der Waals surface area contributed by atoms with Crippen molar-refractivity contribution in [3.05, 3.63) is 23.9 Å². The van der Waals surface area contributed by atoms with Gasteiger partial charge in [-0.25, -0.2) is 4.98 Å². The van der Waals surface area contributed by atoms with E-state index >= 15 is 0 Å². The first kappa shape index (κ1) is 11.7. The summed E-state index contributed by atoms with van der Waals surface area (Å²) in [5.74, 6) is 0.772. The van der Waals surface area contributed by atoms with Crippen LogP contribution in [0.25, 0.3) is 0 Å². The van der Waals surface area contributed by atoms with Crippen molar-refractivity contribution in [2.24, 2.45) is 0 Å². The number of aromatic nitrogens is 1. The van der Waals surface area contributed by atoms with Gasteiger partial charge in [0.05, 0.1) is 5.56 Å². The Morgan fingerprint density at radius 3 is 2.93 bits per heavy atom. The van der Waals surface area contributed by atoms with E-state index in [9.17, 15) is 4.79 Å². The average molecular weight is 206 g/mol. The maximum absolute atomic E-state index is 10.8. The zero-order chi connectivity index (χ0) is 11.3. The molecule has 82 valence electrons. The molecule has 0 aliphatic rings. The van der Waals surface area contributed by atoms with Gasteiger partial charge in [-0.3, -0.25) is 4.79 Å². The lowest BCUT2D eigenvalue weighted by Crippen LogP contribution is -2.30. The van der Waals surface area contributed by atoms with Crippen molar-refractivity contribution in [3.63, 3.8) is 0 Å². The molecule has 1 unspecified atom stereocenters. The predicted octanol–water partition coefficient (Wildman–Crippen LogP) is 2.52. The van der Waals surface area contributed by atoms with Gasteiger partial charge in [-0.2, -0.15) is 0 Å². The van der Waals surface area contributed by atoms with Crippen LogP contribution in [-0.2, 0) is 0 Å². The quantitative estimate of drug-likeness (QED) is 0.694. The van der Waals surface area contributed by atoms with Gasteiger partial charge in [0, 0.05) is 19.3 Å². The van der Waals surface area contributed by atoms with Crippen LogP contribution in [0.5, 0.6) is 0 Å². The second-order valence-electron chi connectivity index (χ2n) is 3.78.